The van der Waals surface area contributed by atoms with E-state index in [0.29, 0.717) is 6.04 Å². The molecule has 1 aromatic heterocycles. The van der Waals surface area contributed by atoms with Crippen molar-refractivity contribution < 1.29 is 0 Å². The van der Waals surface area contributed by atoms with Gasteiger partial charge < -0.3 is 9.88 Å². The van der Waals surface area contributed by atoms with E-state index in [1.807, 2.05) is 0 Å². The van der Waals surface area contributed by atoms with Crippen molar-refractivity contribution in [2.24, 2.45) is 5.92 Å². The van der Waals surface area contributed by atoms with Crippen LogP contribution in [0.3, 0.4) is 0 Å². The van der Waals surface area contributed by atoms with Crippen molar-refractivity contribution in [2.75, 3.05) is 6.54 Å². The SMILES string of the molecule is CCNC(Cc1nc2ccccc2n1CC)C(CC)CC. The van der Waals surface area contributed by atoms with Crippen LogP contribution in [0.1, 0.15) is 46.4 Å². The third-order valence-electron chi connectivity index (χ3n) is 4.54. The molecule has 1 atom stereocenters. The van der Waals surface area contributed by atoms with Gasteiger partial charge in [-0.1, -0.05) is 45.7 Å². The Kier molecular flexibility index (Phi) is 5.80. The lowest BCUT2D eigenvalue weighted by Crippen LogP contribution is -2.38. The fourth-order valence-electron chi connectivity index (χ4n) is 3.36. The lowest BCUT2D eigenvalue weighted by Gasteiger charge is -2.26. The van der Waals surface area contributed by atoms with E-state index in [-0.39, 0.29) is 0 Å². The summed E-state index contributed by atoms with van der Waals surface area (Å²) in [5.74, 6) is 1.94. The van der Waals surface area contributed by atoms with Crippen molar-refractivity contribution in [1.82, 2.24) is 14.9 Å². The average Bonchev–Trinajstić information content (AvgIpc) is 2.85. The van der Waals surface area contributed by atoms with Crippen LogP contribution in [0, 0.1) is 5.92 Å². The number of rotatable bonds is 8. The molecule has 1 aromatic carbocycles. The second kappa shape index (κ2) is 7.60. The second-order valence-electron chi connectivity index (χ2n) is 5.71. The molecule has 0 radical (unpaired) electrons. The number of benzene rings is 1. The first-order chi connectivity index (χ1) is 10.2. The van der Waals surface area contributed by atoms with E-state index >= 15 is 0 Å². The minimum Gasteiger partial charge on any atom is -0.328 e. The number of aryl methyl sites for hydroxylation is 1. The van der Waals surface area contributed by atoms with Gasteiger partial charge in [0.15, 0.2) is 0 Å². The molecule has 1 heterocycles. The summed E-state index contributed by atoms with van der Waals surface area (Å²) in [6.45, 7) is 11.0. The summed E-state index contributed by atoms with van der Waals surface area (Å²) in [7, 11) is 0. The molecular formula is C18H29N3. The van der Waals surface area contributed by atoms with Crippen molar-refractivity contribution in [2.45, 2.75) is 59.5 Å². The topological polar surface area (TPSA) is 29.9 Å². The Morgan fingerprint density at radius 1 is 1.10 bits per heavy atom. The maximum absolute atomic E-state index is 4.88. The number of aromatic nitrogens is 2. The number of imidazole rings is 1. The first kappa shape index (κ1) is 16.0. The number of fused-ring (bicyclic) bond motifs is 1. The number of nitrogens with one attached hydrogen (secondary N) is 1. The molecule has 0 saturated heterocycles. The molecule has 0 aliphatic heterocycles. The Balaban J connectivity index is 2.31. The van der Waals surface area contributed by atoms with Gasteiger partial charge in [-0.15, -0.1) is 0 Å². The maximum atomic E-state index is 4.88. The zero-order valence-electron chi connectivity index (χ0n) is 13.9. The summed E-state index contributed by atoms with van der Waals surface area (Å²) in [5, 5.41) is 3.68. The molecule has 3 heteroatoms. The smallest absolute Gasteiger partial charge is 0.111 e. The summed E-state index contributed by atoms with van der Waals surface area (Å²) < 4.78 is 2.36. The summed E-state index contributed by atoms with van der Waals surface area (Å²) >= 11 is 0. The molecule has 116 valence electrons. The highest BCUT2D eigenvalue weighted by Gasteiger charge is 2.21. The van der Waals surface area contributed by atoms with Crippen LogP contribution in [0.2, 0.25) is 0 Å². The molecule has 0 amide bonds. The molecule has 0 spiro atoms. The van der Waals surface area contributed by atoms with Crippen LogP contribution in [0.25, 0.3) is 11.0 Å². The summed E-state index contributed by atoms with van der Waals surface area (Å²) in [4.78, 5) is 4.88. The van der Waals surface area contributed by atoms with E-state index in [2.05, 4.69) is 61.8 Å². The predicted octanol–water partition coefficient (Wildman–Crippen LogP) is 4.01. The molecule has 3 nitrogen and oxygen atoms in total. The van der Waals surface area contributed by atoms with Gasteiger partial charge in [-0.05, 0) is 31.5 Å². The number of para-hydroxylation sites is 2. The van der Waals surface area contributed by atoms with E-state index in [0.717, 1.165) is 30.9 Å². The van der Waals surface area contributed by atoms with Crippen LogP contribution in [-0.2, 0) is 13.0 Å². The summed E-state index contributed by atoms with van der Waals surface area (Å²) in [6.07, 6.45) is 3.46. The fraction of sp³-hybridized carbons (Fsp3) is 0.611. The Bertz CT molecular complexity index is 555. The number of hydrogen-bond acceptors (Lipinski definition) is 2. The molecule has 1 N–H and O–H groups in total. The molecule has 0 bridgehead atoms. The van der Waals surface area contributed by atoms with Crippen LogP contribution in [0.15, 0.2) is 24.3 Å². The van der Waals surface area contributed by atoms with E-state index in [4.69, 9.17) is 4.98 Å². The quantitative estimate of drug-likeness (QED) is 0.795. The second-order valence-corrected chi connectivity index (χ2v) is 5.71. The lowest BCUT2D eigenvalue weighted by atomic mass is 9.91. The standard InChI is InChI=1S/C18H29N3/c1-5-14(6-2)16(19-7-3)13-18-20-15-11-9-10-12-17(15)21(18)8-4/h9-12,14,16,19H,5-8,13H2,1-4H3. The van der Waals surface area contributed by atoms with Crippen molar-refractivity contribution in [1.29, 1.82) is 0 Å². The summed E-state index contributed by atoms with van der Waals surface area (Å²) in [6, 6.07) is 8.98. The molecule has 2 rings (SSSR count). The van der Waals surface area contributed by atoms with Gasteiger partial charge in [0.05, 0.1) is 11.0 Å². The first-order valence-electron chi connectivity index (χ1n) is 8.42. The zero-order chi connectivity index (χ0) is 15.2. The van der Waals surface area contributed by atoms with Gasteiger partial charge in [-0.2, -0.15) is 0 Å². The zero-order valence-corrected chi connectivity index (χ0v) is 13.9. The van der Waals surface area contributed by atoms with Gasteiger partial charge in [-0.25, -0.2) is 4.98 Å². The normalized spacial score (nSPS) is 13.2. The van der Waals surface area contributed by atoms with Gasteiger partial charge in [0.2, 0.25) is 0 Å². The Morgan fingerprint density at radius 3 is 2.43 bits per heavy atom. The van der Waals surface area contributed by atoms with Gasteiger partial charge >= 0.3 is 0 Å². The lowest BCUT2D eigenvalue weighted by molar-refractivity contribution is 0.330. The van der Waals surface area contributed by atoms with Crippen LogP contribution >= 0.6 is 0 Å². The molecule has 0 fully saturated rings. The van der Waals surface area contributed by atoms with Crippen LogP contribution < -0.4 is 5.32 Å². The highest BCUT2D eigenvalue weighted by atomic mass is 15.1. The Labute approximate surface area is 128 Å². The molecule has 0 aliphatic carbocycles. The van der Waals surface area contributed by atoms with E-state index < -0.39 is 0 Å². The van der Waals surface area contributed by atoms with Gasteiger partial charge in [0.1, 0.15) is 5.82 Å². The number of hydrogen-bond donors (Lipinski definition) is 1. The highest BCUT2D eigenvalue weighted by Crippen LogP contribution is 2.21. The third-order valence-corrected chi connectivity index (χ3v) is 4.54. The monoisotopic (exact) mass is 287 g/mol. The van der Waals surface area contributed by atoms with Crippen molar-refractivity contribution in [3.8, 4) is 0 Å². The van der Waals surface area contributed by atoms with E-state index in [9.17, 15) is 0 Å². The van der Waals surface area contributed by atoms with Crippen LogP contribution in [0.5, 0.6) is 0 Å². The summed E-state index contributed by atoms with van der Waals surface area (Å²) in [5.41, 5.74) is 2.38. The molecule has 1 unspecified atom stereocenters. The molecule has 2 aromatic rings. The number of nitrogens with zero attached hydrogens (tertiary/aromatic N) is 2. The minimum absolute atomic E-state index is 0.520. The van der Waals surface area contributed by atoms with E-state index in [1.165, 1.54) is 24.2 Å². The molecule has 0 aliphatic rings. The molecule has 0 saturated carbocycles. The third kappa shape index (κ3) is 3.46. The minimum atomic E-state index is 0.520. The maximum Gasteiger partial charge on any atom is 0.111 e. The highest BCUT2D eigenvalue weighted by molar-refractivity contribution is 5.75. The number of likely N-dealkylation sites (N-methyl/N-ethyl adjacent to an activating group) is 1. The molecular weight excluding hydrogens is 258 g/mol. The largest absolute Gasteiger partial charge is 0.328 e. The Hall–Kier alpha value is -1.35. The Morgan fingerprint density at radius 2 is 1.81 bits per heavy atom. The first-order valence-corrected chi connectivity index (χ1v) is 8.42. The van der Waals surface area contributed by atoms with Crippen molar-refractivity contribution >= 4 is 11.0 Å². The predicted molar refractivity (Wildman–Crippen MR) is 90.6 cm³/mol. The molecule has 21 heavy (non-hydrogen) atoms. The van der Waals surface area contributed by atoms with Crippen LogP contribution in [-0.4, -0.2) is 22.1 Å². The van der Waals surface area contributed by atoms with E-state index in [1.54, 1.807) is 0 Å². The van der Waals surface area contributed by atoms with Crippen molar-refractivity contribution in [3.63, 3.8) is 0 Å². The van der Waals surface area contributed by atoms with Gasteiger partial charge in [0.25, 0.3) is 0 Å². The van der Waals surface area contributed by atoms with Gasteiger partial charge in [-0.3, -0.25) is 0 Å². The van der Waals surface area contributed by atoms with Crippen molar-refractivity contribution in [3.05, 3.63) is 30.1 Å². The van der Waals surface area contributed by atoms with Crippen LogP contribution in [0.4, 0.5) is 0 Å². The fourth-order valence-corrected chi connectivity index (χ4v) is 3.36. The average molecular weight is 287 g/mol. The van der Waals surface area contributed by atoms with Gasteiger partial charge in [0, 0.05) is 19.0 Å².